The van der Waals surface area contributed by atoms with Crippen molar-refractivity contribution in [3.63, 3.8) is 0 Å². The van der Waals surface area contributed by atoms with Gasteiger partial charge in [0.25, 0.3) is 0 Å². The van der Waals surface area contributed by atoms with Crippen molar-refractivity contribution in [1.82, 2.24) is 9.80 Å². The molecule has 1 fully saturated rings. The molecule has 1 aliphatic rings. The third kappa shape index (κ3) is 9.83. The molecular weight excluding hydrogens is 527 g/mol. The number of piperazine rings is 1. The van der Waals surface area contributed by atoms with E-state index in [1.165, 1.54) is 24.3 Å². The number of hydrogen-bond donors (Lipinski definition) is 1. The number of hydrogen-bond acceptors (Lipinski definition) is 4. The Labute approximate surface area is 238 Å². The molecule has 1 heterocycles. The number of ether oxygens (including phenoxy) is 1. The van der Waals surface area contributed by atoms with E-state index in [0.717, 1.165) is 75.5 Å². The first-order valence-electron chi connectivity index (χ1n) is 12.9. The standard InChI is InChI=1S/C30H37F2N3O.2ClH/c1-36-29(22-33-28-6-3-2-4-7-28)23-35-20-18-34(19-21-35)17-5-8-30(24-9-13-26(31)14-10-24)25-11-15-27(32)16-12-25;;/h2-4,6-7,9-16,29-30,33H,5,8,17-23H2,1H3;2*1H. The third-order valence-electron chi connectivity index (χ3n) is 7.08. The Morgan fingerprint density at radius 2 is 1.29 bits per heavy atom. The maximum atomic E-state index is 13.5. The van der Waals surface area contributed by atoms with Crippen LogP contribution in [0.4, 0.5) is 14.5 Å². The Hall–Kier alpha value is -2.22. The van der Waals surface area contributed by atoms with Crippen LogP contribution in [0, 0.1) is 11.6 Å². The molecule has 1 aliphatic heterocycles. The lowest BCUT2D eigenvalue weighted by Crippen LogP contribution is -2.49. The van der Waals surface area contributed by atoms with Gasteiger partial charge in [0.15, 0.2) is 0 Å². The maximum Gasteiger partial charge on any atom is 0.123 e. The monoisotopic (exact) mass is 565 g/mol. The molecule has 4 rings (SSSR count). The van der Waals surface area contributed by atoms with Gasteiger partial charge in [-0.3, -0.25) is 4.90 Å². The average Bonchev–Trinajstić information content (AvgIpc) is 2.92. The summed E-state index contributed by atoms with van der Waals surface area (Å²) in [7, 11) is 1.78. The lowest BCUT2D eigenvalue weighted by atomic mass is 9.87. The summed E-state index contributed by atoms with van der Waals surface area (Å²) in [4.78, 5) is 5.00. The molecule has 3 aromatic carbocycles. The molecule has 0 bridgehead atoms. The first-order chi connectivity index (χ1) is 17.6. The fourth-order valence-corrected chi connectivity index (χ4v) is 4.93. The van der Waals surface area contributed by atoms with Crippen LogP contribution in [0.25, 0.3) is 0 Å². The quantitative estimate of drug-likeness (QED) is 0.272. The highest BCUT2D eigenvalue weighted by atomic mass is 35.5. The van der Waals surface area contributed by atoms with Gasteiger partial charge in [0, 0.05) is 58.0 Å². The van der Waals surface area contributed by atoms with Crippen molar-refractivity contribution in [3.05, 3.63) is 102 Å². The molecule has 1 atom stereocenters. The van der Waals surface area contributed by atoms with Crippen LogP contribution in [0.1, 0.15) is 29.9 Å². The number of nitrogens with zero attached hydrogens (tertiary/aromatic N) is 2. The normalized spacial score (nSPS) is 14.9. The zero-order valence-corrected chi connectivity index (χ0v) is 23.5. The summed E-state index contributed by atoms with van der Waals surface area (Å²) in [6, 6.07) is 23.7. The predicted octanol–water partition coefficient (Wildman–Crippen LogP) is 6.47. The minimum Gasteiger partial charge on any atom is -0.382 e. The predicted molar refractivity (Wildman–Crippen MR) is 157 cm³/mol. The summed E-state index contributed by atoms with van der Waals surface area (Å²) in [5.74, 6) is -0.339. The fraction of sp³-hybridized carbons (Fsp3) is 0.400. The van der Waals surface area contributed by atoms with Gasteiger partial charge in [0.1, 0.15) is 11.6 Å². The molecule has 208 valence electrons. The Bertz CT molecular complexity index is 988. The minimum atomic E-state index is -0.235. The summed E-state index contributed by atoms with van der Waals surface area (Å²) in [5, 5.41) is 3.46. The highest BCUT2D eigenvalue weighted by molar-refractivity contribution is 5.85. The molecule has 1 unspecified atom stereocenters. The first-order valence-corrected chi connectivity index (χ1v) is 12.9. The van der Waals surface area contributed by atoms with Gasteiger partial charge in [0.05, 0.1) is 6.10 Å². The van der Waals surface area contributed by atoms with E-state index in [1.807, 2.05) is 42.5 Å². The molecule has 3 aromatic rings. The highest BCUT2D eigenvalue weighted by Crippen LogP contribution is 2.30. The second-order valence-electron chi connectivity index (χ2n) is 9.54. The SMILES string of the molecule is COC(CNc1ccccc1)CN1CCN(CCCC(c2ccc(F)cc2)c2ccc(F)cc2)CC1.Cl.Cl. The summed E-state index contributed by atoms with van der Waals surface area (Å²) in [6.07, 6.45) is 2.11. The molecule has 0 aromatic heterocycles. The van der Waals surface area contributed by atoms with Crippen molar-refractivity contribution in [2.75, 3.05) is 58.2 Å². The zero-order chi connectivity index (χ0) is 25.2. The van der Waals surface area contributed by atoms with E-state index in [0.29, 0.717) is 0 Å². The van der Waals surface area contributed by atoms with Crippen molar-refractivity contribution < 1.29 is 13.5 Å². The fourth-order valence-electron chi connectivity index (χ4n) is 4.93. The number of rotatable bonds is 12. The molecule has 0 spiro atoms. The number of anilines is 1. The summed E-state index contributed by atoms with van der Waals surface area (Å²) < 4.78 is 32.7. The van der Waals surface area contributed by atoms with Gasteiger partial charge in [0.2, 0.25) is 0 Å². The number of para-hydroxylation sites is 1. The summed E-state index contributed by atoms with van der Waals surface area (Å²) in [5.41, 5.74) is 3.26. The van der Waals surface area contributed by atoms with Gasteiger partial charge in [-0.25, -0.2) is 8.78 Å². The van der Waals surface area contributed by atoms with Gasteiger partial charge >= 0.3 is 0 Å². The Morgan fingerprint density at radius 1 is 0.763 bits per heavy atom. The Morgan fingerprint density at radius 3 is 1.82 bits per heavy atom. The van der Waals surface area contributed by atoms with Crippen LogP contribution in [0.3, 0.4) is 0 Å². The molecule has 0 aliphatic carbocycles. The van der Waals surface area contributed by atoms with Crippen LogP contribution < -0.4 is 5.32 Å². The topological polar surface area (TPSA) is 27.7 Å². The van der Waals surface area contributed by atoms with Gasteiger partial charge in [-0.05, 0) is 66.9 Å². The molecule has 8 heteroatoms. The molecule has 1 saturated heterocycles. The molecule has 4 nitrogen and oxygen atoms in total. The number of methoxy groups -OCH3 is 1. The van der Waals surface area contributed by atoms with Gasteiger partial charge in [-0.2, -0.15) is 0 Å². The molecule has 0 saturated carbocycles. The molecule has 0 amide bonds. The minimum absolute atomic E-state index is 0. The van der Waals surface area contributed by atoms with Crippen LogP contribution in [-0.4, -0.2) is 68.8 Å². The van der Waals surface area contributed by atoms with Crippen molar-refractivity contribution in [1.29, 1.82) is 0 Å². The van der Waals surface area contributed by atoms with E-state index in [-0.39, 0.29) is 48.5 Å². The second kappa shape index (κ2) is 16.7. The highest BCUT2D eigenvalue weighted by Gasteiger charge is 2.21. The lowest BCUT2D eigenvalue weighted by Gasteiger charge is -2.36. The van der Waals surface area contributed by atoms with Crippen LogP contribution >= 0.6 is 24.8 Å². The van der Waals surface area contributed by atoms with Gasteiger partial charge in [-0.15, -0.1) is 24.8 Å². The largest absolute Gasteiger partial charge is 0.382 e. The van der Waals surface area contributed by atoms with Crippen LogP contribution in [-0.2, 0) is 4.74 Å². The molecule has 38 heavy (non-hydrogen) atoms. The van der Waals surface area contributed by atoms with E-state index >= 15 is 0 Å². The Kier molecular flexibility index (Phi) is 14.0. The first kappa shape index (κ1) is 32.0. The molecule has 1 N–H and O–H groups in total. The third-order valence-corrected chi connectivity index (χ3v) is 7.08. The van der Waals surface area contributed by atoms with E-state index in [9.17, 15) is 8.78 Å². The van der Waals surface area contributed by atoms with Crippen molar-refractivity contribution in [2.45, 2.75) is 24.9 Å². The Balaban J connectivity index is 0.00000253. The van der Waals surface area contributed by atoms with Gasteiger partial charge in [-0.1, -0.05) is 42.5 Å². The van der Waals surface area contributed by atoms with Gasteiger partial charge < -0.3 is 15.0 Å². The number of halogens is 4. The van der Waals surface area contributed by atoms with Crippen LogP contribution in [0.15, 0.2) is 78.9 Å². The molecule has 0 radical (unpaired) electrons. The second-order valence-corrected chi connectivity index (χ2v) is 9.54. The van der Waals surface area contributed by atoms with E-state index < -0.39 is 0 Å². The van der Waals surface area contributed by atoms with E-state index in [2.05, 4.69) is 27.2 Å². The lowest BCUT2D eigenvalue weighted by molar-refractivity contribution is 0.0491. The van der Waals surface area contributed by atoms with Crippen LogP contribution in [0.5, 0.6) is 0 Å². The number of benzene rings is 3. The summed E-state index contributed by atoms with van der Waals surface area (Å²) in [6.45, 7) is 6.88. The maximum absolute atomic E-state index is 13.5. The zero-order valence-electron chi connectivity index (χ0n) is 21.9. The number of nitrogens with one attached hydrogen (secondary N) is 1. The molecular formula is C30H39Cl2F2N3O. The smallest absolute Gasteiger partial charge is 0.123 e. The summed E-state index contributed by atoms with van der Waals surface area (Å²) >= 11 is 0. The van der Waals surface area contributed by atoms with Crippen molar-refractivity contribution in [3.8, 4) is 0 Å². The average molecular weight is 567 g/mol. The van der Waals surface area contributed by atoms with E-state index in [1.54, 1.807) is 7.11 Å². The van der Waals surface area contributed by atoms with Crippen molar-refractivity contribution in [2.24, 2.45) is 0 Å². The van der Waals surface area contributed by atoms with Crippen LogP contribution in [0.2, 0.25) is 0 Å². The van der Waals surface area contributed by atoms with Crippen molar-refractivity contribution >= 4 is 30.5 Å². The van der Waals surface area contributed by atoms with E-state index in [4.69, 9.17) is 4.74 Å².